The monoisotopic (exact) mass is 103 g/mol. The van der Waals surface area contributed by atoms with Gasteiger partial charge >= 0.3 is 0 Å². The second-order valence-electron chi connectivity index (χ2n) is 1.67. The van der Waals surface area contributed by atoms with E-state index < -0.39 is 0 Å². The van der Waals surface area contributed by atoms with Crippen LogP contribution in [0.2, 0.25) is 0 Å². The van der Waals surface area contributed by atoms with E-state index in [0.717, 1.165) is 10.4 Å². The van der Waals surface area contributed by atoms with Crippen LogP contribution in [-0.4, -0.2) is 0 Å². The first-order valence-corrected chi connectivity index (χ1v) is 2.45. The third kappa shape index (κ3) is 0.784. The molecule has 0 N–H and O–H groups in total. The molecule has 0 nitrogen and oxygen atoms in total. The van der Waals surface area contributed by atoms with Crippen molar-refractivity contribution in [2.45, 2.75) is 0 Å². The van der Waals surface area contributed by atoms with Crippen molar-refractivity contribution in [3.63, 3.8) is 0 Å². The van der Waals surface area contributed by atoms with Gasteiger partial charge in [0.15, 0.2) is 0 Å². The van der Waals surface area contributed by atoms with Crippen LogP contribution in [0.1, 0.15) is 0 Å². The SMILES string of the molecule is C=c1[c]cccc1=C. The van der Waals surface area contributed by atoms with Crippen molar-refractivity contribution in [1.29, 1.82) is 0 Å². The largest absolute Gasteiger partial charge is 0.0912 e. The maximum Gasteiger partial charge on any atom is -0.0106 e. The van der Waals surface area contributed by atoms with Gasteiger partial charge in [-0.15, -0.1) is 0 Å². The first-order valence-electron chi connectivity index (χ1n) is 2.45. The Balaban J connectivity index is 3.59. The summed E-state index contributed by atoms with van der Waals surface area (Å²) in [6, 6.07) is 8.57. The lowest BCUT2D eigenvalue weighted by Crippen LogP contribution is -2.19. The van der Waals surface area contributed by atoms with Crippen molar-refractivity contribution in [2.75, 3.05) is 0 Å². The fourth-order valence-electron chi connectivity index (χ4n) is 0.506. The van der Waals surface area contributed by atoms with E-state index >= 15 is 0 Å². The second-order valence-corrected chi connectivity index (χ2v) is 1.67. The first kappa shape index (κ1) is 5.10. The van der Waals surface area contributed by atoms with Crippen LogP contribution in [-0.2, 0) is 0 Å². The lowest BCUT2D eigenvalue weighted by atomic mass is 10.3. The molecule has 1 aromatic rings. The maximum atomic E-state index is 3.73. The number of rotatable bonds is 0. The van der Waals surface area contributed by atoms with Gasteiger partial charge in [-0.1, -0.05) is 31.4 Å². The average molecular weight is 103 g/mol. The minimum atomic E-state index is 0.882. The summed E-state index contributed by atoms with van der Waals surface area (Å²) in [6.45, 7) is 7.43. The summed E-state index contributed by atoms with van der Waals surface area (Å²) in [4.78, 5) is 0. The molecule has 8 heavy (non-hydrogen) atoms. The zero-order chi connectivity index (χ0) is 5.98. The summed E-state index contributed by atoms with van der Waals surface area (Å²) in [5.41, 5.74) is 0. The van der Waals surface area contributed by atoms with Crippen molar-refractivity contribution < 1.29 is 0 Å². The van der Waals surface area contributed by atoms with Gasteiger partial charge in [-0.3, -0.25) is 0 Å². The van der Waals surface area contributed by atoms with Gasteiger partial charge in [-0.05, 0) is 16.5 Å². The number of hydrogen-bond donors (Lipinski definition) is 0. The van der Waals surface area contributed by atoms with Crippen LogP contribution in [0.15, 0.2) is 18.2 Å². The van der Waals surface area contributed by atoms with Crippen LogP contribution < -0.4 is 10.4 Å². The summed E-state index contributed by atoms with van der Waals surface area (Å²) in [5.74, 6) is 0. The lowest BCUT2D eigenvalue weighted by molar-refractivity contribution is 1.53. The van der Waals surface area contributed by atoms with Crippen LogP contribution >= 0.6 is 0 Å². The highest BCUT2D eigenvalue weighted by Crippen LogP contribution is 1.65. The molecule has 0 spiro atoms. The average Bonchev–Trinajstić information content (AvgIpc) is 1.77. The predicted octanol–water partition coefficient (Wildman–Crippen LogP) is 0.307. The van der Waals surface area contributed by atoms with Gasteiger partial charge in [0.05, 0.1) is 0 Å². The lowest BCUT2D eigenvalue weighted by Gasteiger charge is -1.78. The molecule has 0 fully saturated rings. The normalized spacial score (nSPS) is 9.00. The Morgan fingerprint density at radius 2 is 2.12 bits per heavy atom. The molecule has 0 aliphatic carbocycles. The molecule has 0 bridgehead atoms. The Morgan fingerprint density at radius 3 is 2.50 bits per heavy atom. The molecule has 0 saturated heterocycles. The Hall–Kier alpha value is -1.04. The molecule has 0 aliphatic rings. The highest BCUT2D eigenvalue weighted by molar-refractivity contribution is 5.14. The Morgan fingerprint density at radius 1 is 1.38 bits per heavy atom. The molecule has 0 aromatic heterocycles. The van der Waals surface area contributed by atoms with Crippen LogP contribution in [0.4, 0.5) is 0 Å². The summed E-state index contributed by atoms with van der Waals surface area (Å²) in [6.07, 6.45) is 0. The minimum absolute atomic E-state index is 0.882. The van der Waals surface area contributed by atoms with Gasteiger partial charge in [-0.25, -0.2) is 0 Å². The smallest absolute Gasteiger partial charge is 0.0106 e. The Labute approximate surface area is 48.8 Å². The Kier molecular flexibility index (Phi) is 1.17. The zero-order valence-corrected chi connectivity index (χ0v) is 4.65. The third-order valence-electron chi connectivity index (χ3n) is 1.04. The zero-order valence-electron chi connectivity index (χ0n) is 4.65. The highest BCUT2D eigenvalue weighted by atomic mass is 13.8. The first-order chi connectivity index (χ1) is 3.80. The number of benzene rings is 1. The molecule has 1 rings (SSSR count). The molecular formula is C8H7. The van der Waals surface area contributed by atoms with E-state index in [0.29, 0.717) is 0 Å². The van der Waals surface area contributed by atoms with Crippen molar-refractivity contribution in [3.8, 4) is 0 Å². The van der Waals surface area contributed by atoms with E-state index in [1.165, 1.54) is 0 Å². The second kappa shape index (κ2) is 1.83. The third-order valence-corrected chi connectivity index (χ3v) is 1.04. The molecule has 39 valence electrons. The number of hydrogen-bond acceptors (Lipinski definition) is 0. The molecule has 0 aliphatic heterocycles. The molecule has 0 heteroatoms. The molecule has 0 amide bonds. The van der Waals surface area contributed by atoms with E-state index in [1.54, 1.807) is 0 Å². The topological polar surface area (TPSA) is 0 Å². The van der Waals surface area contributed by atoms with E-state index in [1.807, 2.05) is 18.2 Å². The molecule has 0 atom stereocenters. The van der Waals surface area contributed by atoms with Crippen LogP contribution in [0.5, 0.6) is 0 Å². The van der Waals surface area contributed by atoms with Crippen molar-refractivity contribution in [2.24, 2.45) is 0 Å². The van der Waals surface area contributed by atoms with Gasteiger partial charge in [-0.2, -0.15) is 0 Å². The fourth-order valence-corrected chi connectivity index (χ4v) is 0.506. The molecule has 0 unspecified atom stereocenters. The molecule has 0 saturated carbocycles. The van der Waals surface area contributed by atoms with Gasteiger partial charge in [0.25, 0.3) is 0 Å². The summed E-state index contributed by atoms with van der Waals surface area (Å²) in [7, 11) is 0. The quantitative estimate of drug-likeness (QED) is 0.443. The molecule has 1 aromatic carbocycles. The standard InChI is InChI=1S/C8H7/c1-7-5-3-4-6-8(7)2/h3-5H,1-2H2. The van der Waals surface area contributed by atoms with Gasteiger partial charge in [0, 0.05) is 0 Å². The van der Waals surface area contributed by atoms with Crippen LogP contribution in [0.25, 0.3) is 13.2 Å². The van der Waals surface area contributed by atoms with Crippen molar-refractivity contribution in [1.82, 2.24) is 0 Å². The van der Waals surface area contributed by atoms with Crippen LogP contribution in [0.3, 0.4) is 0 Å². The molecule has 1 radical (unpaired) electrons. The van der Waals surface area contributed by atoms with Crippen molar-refractivity contribution >= 4 is 13.2 Å². The fraction of sp³-hybridized carbons (Fsp3) is 0. The minimum Gasteiger partial charge on any atom is -0.0912 e. The van der Waals surface area contributed by atoms with E-state index in [9.17, 15) is 0 Å². The summed E-state index contributed by atoms with van der Waals surface area (Å²) >= 11 is 0. The van der Waals surface area contributed by atoms with Gasteiger partial charge in [0.1, 0.15) is 0 Å². The summed E-state index contributed by atoms with van der Waals surface area (Å²) < 4.78 is 0. The Bertz CT molecular complexity index is 231. The maximum absolute atomic E-state index is 3.73. The highest BCUT2D eigenvalue weighted by Gasteiger charge is 1.72. The van der Waals surface area contributed by atoms with Crippen LogP contribution in [0, 0.1) is 6.07 Å². The van der Waals surface area contributed by atoms with E-state index in [2.05, 4.69) is 19.2 Å². The van der Waals surface area contributed by atoms with Gasteiger partial charge < -0.3 is 0 Å². The van der Waals surface area contributed by atoms with E-state index in [-0.39, 0.29) is 0 Å². The van der Waals surface area contributed by atoms with Gasteiger partial charge in [0.2, 0.25) is 0 Å². The molecular weight excluding hydrogens is 96.1 g/mol. The summed E-state index contributed by atoms with van der Waals surface area (Å²) in [5, 5.41) is 1.83. The predicted molar refractivity (Wildman–Crippen MR) is 35.6 cm³/mol. The molecule has 0 heterocycles. The van der Waals surface area contributed by atoms with E-state index in [4.69, 9.17) is 0 Å². The van der Waals surface area contributed by atoms with Crippen molar-refractivity contribution in [3.05, 3.63) is 34.7 Å².